The quantitative estimate of drug-likeness (QED) is 0.893. The molecule has 1 amide bonds. The highest BCUT2D eigenvalue weighted by Crippen LogP contribution is 2.41. The van der Waals surface area contributed by atoms with Crippen LogP contribution in [0.15, 0.2) is 24.4 Å². The number of rotatable bonds is 4. The maximum Gasteiger partial charge on any atom is 0.289 e. The molecule has 0 unspecified atom stereocenters. The summed E-state index contributed by atoms with van der Waals surface area (Å²) in [4.78, 5) is 19.5. The van der Waals surface area contributed by atoms with Crippen LogP contribution in [0.4, 0.5) is 0 Å². The number of nitrogens with zero attached hydrogens (tertiary/aromatic N) is 5. The number of fused-ring (bicyclic) bond motifs is 1. The van der Waals surface area contributed by atoms with E-state index in [1.807, 2.05) is 12.3 Å². The number of carbonyl (C=O) groups excluding carboxylic acids is 1. The first kappa shape index (κ1) is 16.9. The zero-order chi connectivity index (χ0) is 18.3. The minimum absolute atomic E-state index is 0.0547. The SMILES string of the molecule is O=C(NC1CC1)c1nnc2n1CC1(CC2)CCN(Cc2ccccn2)CC1. The maximum absolute atomic E-state index is 12.5. The van der Waals surface area contributed by atoms with Crippen LogP contribution < -0.4 is 5.32 Å². The third-order valence-corrected chi connectivity index (χ3v) is 6.34. The molecule has 1 aliphatic carbocycles. The van der Waals surface area contributed by atoms with Crippen LogP contribution in [0.2, 0.25) is 0 Å². The largest absolute Gasteiger partial charge is 0.347 e. The van der Waals surface area contributed by atoms with Crippen molar-refractivity contribution in [2.24, 2.45) is 5.41 Å². The predicted octanol–water partition coefficient (Wildman–Crippen LogP) is 1.79. The maximum atomic E-state index is 12.5. The fourth-order valence-electron chi connectivity index (χ4n) is 4.44. The van der Waals surface area contributed by atoms with Crippen LogP contribution in [-0.4, -0.2) is 49.7 Å². The van der Waals surface area contributed by atoms with E-state index in [-0.39, 0.29) is 11.3 Å². The molecule has 0 aromatic carbocycles. The summed E-state index contributed by atoms with van der Waals surface area (Å²) in [6.45, 7) is 3.96. The average Bonchev–Trinajstić information content (AvgIpc) is 3.41. The fraction of sp³-hybridized carbons (Fsp3) is 0.600. The summed E-state index contributed by atoms with van der Waals surface area (Å²) in [5.41, 5.74) is 1.40. The average molecular weight is 366 g/mol. The summed E-state index contributed by atoms with van der Waals surface area (Å²) < 4.78 is 2.09. The van der Waals surface area contributed by atoms with E-state index in [1.165, 1.54) is 0 Å². The lowest BCUT2D eigenvalue weighted by Crippen LogP contribution is -2.45. The van der Waals surface area contributed by atoms with Crippen molar-refractivity contribution in [2.45, 2.75) is 57.7 Å². The smallest absolute Gasteiger partial charge is 0.289 e. The monoisotopic (exact) mass is 366 g/mol. The van der Waals surface area contributed by atoms with Crippen LogP contribution in [-0.2, 0) is 19.5 Å². The van der Waals surface area contributed by atoms with Crippen molar-refractivity contribution in [1.82, 2.24) is 30.0 Å². The molecule has 7 nitrogen and oxygen atoms in total. The van der Waals surface area contributed by atoms with Crippen molar-refractivity contribution >= 4 is 5.91 Å². The minimum Gasteiger partial charge on any atom is -0.347 e. The number of piperidine rings is 1. The van der Waals surface area contributed by atoms with Gasteiger partial charge >= 0.3 is 0 Å². The Kier molecular flexibility index (Phi) is 4.19. The standard InChI is InChI=1S/C20H26N6O/c27-19(22-15-4-5-15)18-24-23-17-6-7-20(14-26(17)18)8-11-25(12-9-20)13-16-3-1-2-10-21-16/h1-3,10,15H,4-9,11-14H2,(H,22,27). The van der Waals surface area contributed by atoms with Gasteiger partial charge in [0.05, 0.1) is 5.69 Å². The lowest BCUT2D eigenvalue weighted by atomic mass is 9.73. The van der Waals surface area contributed by atoms with Gasteiger partial charge in [0, 0.05) is 31.7 Å². The fourth-order valence-corrected chi connectivity index (χ4v) is 4.44. The lowest BCUT2D eigenvalue weighted by molar-refractivity contribution is 0.0612. The molecule has 0 atom stereocenters. The first-order valence-electron chi connectivity index (χ1n) is 10.1. The Hall–Kier alpha value is -2.28. The topological polar surface area (TPSA) is 75.9 Å². The second-order valence-electron chi connectivity index (χ2n) is 8.37. The van der Waals surface area contributed by atoms with E-state index in [1.54, 1.807) is 0 Å². The Morgan fingerprint density at radius 2 is 2.04 bits per heavy atom. The zero-order valence-electron chi connectivity index (χ0n) is 15.6. The van der Waals surface area contributed by atoms with E-state index in [0.717, 1.165) is 76.2 Å². The van der Waals surface area contributed by atoms with Gasteiger partial charge in [0.2, 0.25) is 5.82 Å². The highest BCUT2D eigenvalue weighted by Gasteiger charge is 2.40. The summed E-state index contributed by atoms with van der Waals surface area (Å²) in [6.07, 6.45) is 8.41. The predicted molar refractivity (Wildman–Crippen MR) is 100 cm³/mol. The number of amides is 1. The van der Waals surface area contributed by atoms with Crippen LogP contribution in [0.25, 0.3) is 0 Å². The number of nitrogens with one attached hydrogen (secondary N) is 1. The Bertz CT molecular complexity index is 820. The van der Waals surface area contributed by atoms with E-state index in [9.17, 15) is 4.79 Å². The van der Waals surface area contributed by atoms with Crippen molar-refractivity contribution in [2.75, 3.05) is 13.1 Å². The van der Waals surface area contributed by atoms with Crippen LogP contribution in [0, 0.1) is 5.41 Å². The Morgan fingerprint density at radius 1 is 1.19 bits per heavy atom. The number of carbonyl (C=O) groups is 1. The molecule has 1 N–H and O–H groups in total. The number of likely N-dealkylation sites (tertiary alicyclic amines) is 1. The molecule has 7 heteroatoms. The molecular formula is C20H26N6O. The zero-order valence-corrected chi connectivity index (χ0v) is 15.6. The van der Waals surface area contributed by atoms with E-state index in [4.69, 9.17) is 0 Å². The normalized spacial score (nSPS) is 21.8. The van der Waals surface area contributed by atoms with Crippen LogP contribution >= 0.6 is 0 Å². The molecule has 142 valence electrons. The number of hydrogen-bond acceptors (Lipinski definition) is 5. The summed E-state index contributed by atoms with van der Waals surface area (Å²) in [7, 11) is 0. The second-order valence-corrected chi connectivity index (χ2v) is 8.37. The second kappa shape index (κ2) is 6.71. The van der Waals surface area contributed by atoms with Gasteiger partial charge < -0.3 is 9.88 Å². The molecule has 2 aromatic rings. The first-order valence-corrected chi connectivity index (χ1v) is 10.1. The summed E-state index contributed by atoms with van der Waals surface area (Å²) in [5.74, 6) is 1.42. The molecule has 2 aliphatic heterocycles. The van der Waals surface area contributed by atoms with Crippen molar-refractivity contribution in [3.8, 4) is 0 Å². The third kappa shape index (κ3) is 3.48. The molecule has 1 spiro atoms. The molecular weight excluding hydrogens is 340 g/mol. The number of aromatic nitrogens is 4. The van der Waals surface area contributed by atoms with Gasteiger partial charge in [-0.2, -0.15) is 0 Å². The van der Waals surface area contributed by atoms with Gasteiger partial charge in [-0.05, 0) is 62.7 Å². The van der Waals surface area contributed by atoms with Crippen LogP contribution in [0.3, 0.4) is 0 Å². The molecule has 27 heavy (non-hydrogen) atoms. The molecule has 2 fully saturated rings. The van der Waals surface area contributed by atoms with E-state index in [2.05, 4.69) is 42.1 Å². The van der Waals surface area contributed by atoms with Crippen LogP contribution in [0.5, 0.6) is 0 Å². The van der Waals surface area contributed by atoms with Gasteiger partial charge in [-0.1, -0.05) is 6.07 Å². The summed E-state index contributed by atoms with van der Waals surface area (Å²) >= 11 is 0. The van der Waals surface area contributed by atoms with Gasteiger partial charge in [-0.3, -0.25) is 14.7 Å². The molecule has 5 rings (SSSR count). The number of aryl methyl sites for hydroxylation is 1. The summed E-state index contributed by atoms with van der Waals surface area (Å²) in [6, 6.07) is 6.46. The van der Waals surface area contributed by atoms with Crippen molar-refractivity contribution in [1.29, 1.82) is 0 Å². The van der Waals surface area contributed by atoms with Crippen LogP contribution in [0.1, 0.15) is 54.2 Å². The molecule has 1 saturated heterocycles. The molecule has 0 radical (unpaired) electrons. The molecule has 1 saturated carbocycles. The van der Waals surface area contributed by atoms with Gasteiger partial charge in [0.15, 0.2) is 0 Å². The van der Waals surface area contributed by atoms with Gasteiger partial charge in [-0.15, -0.1) is 10.2 Å². The highest BCUT2D eigenvalue weighted by molar-refractivity contribution is 5.91. The van der Waals surface area contributed by atoms with Crippen molar-refractivity contribution in [3.63, 3.8) is 0 Å². The van der Waals surface area contributed by atoms with E-state index in [0.29, 0.717) is 11.9 Å². The minimum atomic E-state index is -0.0547. The molecule has 2 aromatic heterocycles. The Labute approximate surface area is 159 Å². The summed E-state index contributed by atoms with van der Waals surface area (Å²) in [5, 5.41) is 11.6. The molecule has 4 heterocycles. The Morgan fingerprint density at radius 3 is 2.78 bits per heavy atom. The van der Waals surface area contributed by atoms with Gasteiger partial charge in [0.1, 0.15) is 5.82 Å². The van der Waals surface area contributed by atoms with E-state index < -0.39 is 0 Å². The van der Waals surface area contributed by atoms with E-state index >= 15 is 0 Å². The third-order valence-electron chi connectivity index (χ3n) is 6.34. The van der Waals surface area contributed by atoms with Gasteiger partial charge in [-0.25, -0.2) is 0 Å². The van der Waals surface area contributed by atoms with Crippen molar-refractivity contribution < 1.29 is 4.79 Å². The highest BCUT2D eigenvalue weighted by atomic mass is 16.2. The Balaban J connectivity index is 1.25. The number of pyridine rings is 1. The van der Waals surface area contributed by atoms with Gasteiger partial charge in [0.25, 0.3) is 5.91 Å². The van der Waals surface area contributed by atoms with Crippen molar-refractivity contribution in [3.05, 3.63) is 41.7 Å². The molecule has 3 aliphatic rings. The first-order chi connectivity index (χ1) is 13.2. The number of hydrogen-bond donors (Lipinski definition) is 1. The lowest BCUT2D eigenvalue weighted by Gasteiger charge is -2.44. The molecule has 0 bridgehead atoms.